The van der Waals surface area contributed by atoms with Crippen molar-refractivity contribution in [2.24, 2.45) is 0 Å². The molecule has 0 atom stereocenters. The second-order valence-corrected chi connectivity index (χ2v) is 5.79. The van der Waals surface area contributed by atoms with Gasteiger partial charge in [-0.2, -0.15) is 0 Å². The van der Waals surface area contributed by atoms with Crippen LogP contribution in [-0.4, -0.2) is 42.4 Å². The summed E-state index contributed by atoms with van der Waals surface area (Å²) >= 11 is 0. The van der Waals surface area contributed by atoms with Crippen LogP contribution >= 0.6 is 0 Å². The number of ether oxygens (including phenoxy) is 1. The first-order chi connectivity index (χ1) is 10.2. The predicted molar refractivity (Wildman–Crippen MR) is 83.1 cm³/mol. The summed E-state index contributed by atoms with van der Waals surface area (Å²) in [4.78, 5) is 2.30. The molecule has 3 nitrogen and oxygen atoms in total. The molecular weight excluding hydrogens is 262 g/mol. The van der Waals surface area contributed by atoms with E-state index in [1.54, 1.807) is 7.11 Å². The molecule has 0 aliphatic carbocycles. The fourth-order valence-corrected chi connectivity index (χ4v) is 3.14. The van der Waals surface area contributed by atoms with Gasteiger partial charge < -0.3 is 9.84 Å². The van der Waals surface area contributed by atoms with Crippen LogP contribution < -0.4 is 0 Å². The number of likely N-dealkylation sites (tertiary alicyclic amines) is 1. The molecule has 0 unspecified atom stereocenters. The van der Waals surface area contributed by atoms with Crippen LogP contribution in [0.5, 0.6) is 0 Å². The minimum atomic E-state index is -0.712. The number of methoxy groups -OCH3 is 1. The average Bonchev–Trinajstić information content (AvgIpc) is 2.48. The van der Waals surface area contributed by atoms with Gasteiger partial charge in [-0.1, -0.05) is 60.7 Å². The lowest BCUT2D eigenvalue weighted by atomic mass is 9.88. The van der Waals surface area contributed by atoms with E-state index in [4.69, 9.17) is 4.74 Å². The third-order valence-electron chi connectivity index (χ3n) is 4.00. The van der Waals surface area contributed by atoms with E-state index in [1.807, 2.05) is 12.1 Å². The van der Waals surface area contributed by atoms with Gasteiger partial charge in [0, 0.05) is 20.2 Å². The van der Waals surface area contributed by atoms with Gasteiger partial charge in [0.05, 0.1) is 12.6 Å². The standard InChI is InChI=1S/C18H21NO2/c1-21-14-18(20)12-19(13-18)17(15-8-4-2-5-9-15)16-10-6-3-7-11-16/h2-11,17,20H,12-14H2,1H3. The lowest BCUT2D eigenvalue weighted by Gasteiger charge is -2.50. The maximum atomic E-state index is 10.4. The van der Waals surface area contributed by atoms with Gasteiger partial charge in [0.15, 0.2) is 0 Å². The molecule has 0 saturated carbocycles. The molecule has 3 rings (SSSR count). The highest BCUT2D eigenvalue weighted by Gasteiger charge is 2.44. The smallest absolute Gasteiger partial charge is 0.113 e. The molecule has 0 aromatic heterocycles. The third-order valence-corrected chi connectivity index (χ3v) is 4.00. The van der Waals surface area contributed by atoms with Crippen molar-refractivity contribution in [3.8, 4) is 0 Å². The van der Waals surface area contributed by atoms with Crippen molar-refractivity contribution in [1.29, 1.82) is 0 Å². The second kappa shape index (κ2) is 5.98. The minimum absolute atomic E-state index is 0.185. The van der Waals surface area contributed by atoms with Gasteiger partial charge in [0.2, 0.25) is 0 Å². The Balaban J connectivity index is 1.85. The summed E-state index contributed by atoms with van der Waals surface area (Å²) in [6.45, 7) is 1.66. The number of benzene rings is 2. The molecule has 0 bridgehead atoms. The number of nitrogens with zero attached hydrogens (tertiary/aromatic N) is 1. The molecule has 2 aromatic carbocycles. The highest BCUT2D eigenvalue weighted by Crippen LogP contribution is 2.35. The molecule has 1 fully saturated rings. The summed E-state index contributed by atoms with van der Waals surface area (Å²) < 4.78 is 5.11. The van der Waals surface area contributed by atoms with E-state index in [1.165, 1.54) is 11.1 Å². The monoisotopic (exact) mass is 283 g/mol. The Bertz CT molecular complexity index is 525. The predicted octanol–water partition coefficient (Wildman–Crippen LogP) is 2.47. The zero-order chi connectivity index (χ0) is 14.7. The Hall–Kier alpha value is -1.68. The molecule has 110 valence electrons. The number of hydrogen-bond donors (Lipinski definition) is 1. The first-order valence-corrected chi connectivity index (χ1v) is 7.27. The van der Waals surface area contributed by atoms with E-state index in [2.05, 4.69) is 53.4 Å². The highest BCUT2D eigenvalue weighted by atomic mass is 16.5. The van der Waals surface area contributed by atoms with Gasteiger partial charge in [0.1, 0.15) is 5.60 Å². The van der Waals surface area contributed by atoms with Crippen LogP contribution in [0.3, 0.4) is 0 Å². The van der Waals surface area contributed by atoms with Crippen molar-refractivity contribution in [2.45, 2.75) is 11.6 Å². The summed E-state index contributed by atoms with van der Waals surface area (Å²) in [5.74, 6) is 0. The maximum absolute atomic E-state index is 10.4. The summed E-state index contributed by atoms with van der Waals surface area (Å²) in [6.07, 6.45) is 0. The topological polar surface area (TPSA) is 32.7 Å². The number of rotatable bonds is 5. The Morgan fingerprint density at radius 1 is 1.00 bits per heavy atom. The zero-order valence-electron chi connectivity index (χ0n) is 12.3. The minimum Gasteiger partial charge on any atom is -0.385 e. The van der Waals surface area contributed by atoms with Crippen molar-refractivity contribution in [1.82, 2.24) is 4.90 Å². The van der Waals surface area contributed by atoms with Crippen molar-refractivity contribution < 1.29 is 9.84 Å². The summed E-state index contributed by atoms with van der Waals surface area (Å²) in [5.41, 5.74) is 1.79. The molecular formula is C18H21NO2. The number of hydrogen-bond acceptors (Lipinski definition) is 3. The van der Waals surface area contributed by atoms with Crippen LogP contribution in [0, 0.1) is 0 Å². The van der Waals surface area contributed by atoms with Crippen LogP contribution in [0.25, 0.3) is 0 Å². The summed E-state index contributed by atoms with van der Waals surface area (Å²) in [6, 6.07) is 21.1. The van der Waals surface area contributed by atoms with Crippen molar-refractivity contribution in [3.63, 3.8) is 0 Å². The zero-order valence-corrected chi connectivity index (χ0v) is 12.3. The van der Waals surface area contributed by atoms with E-state index in [0.717, 1.165) is 0 Å². The van der Waals surface area contributed by atoms with E-state index >= 15 is 0 Å². The average molecular weight is 283 g/mol. The largest absolute Gasteiger partial charge is 0.385 e. The van der Waals surface area contributed by atoms with Crippen LogP contribution in [0.1, 0.15) is 17.2 Å². The lowest BCUT2D eigenvalue weighted by molar-refractivity contribution is -0.142. The molecule has 1 saturated heterocycles. The van der Waals surface area contributed by atoms with Crippen molar-refractivity contribution >= 4 is 0 Å². The molecule has 1 aliphatic heterocycles. The molecule has 21 heavy (non-hydrogen) atoms. The first kappa shape index (κ1) is 14.3. The van der Waals surface area contributed by atoms with Gasteiger partial charge >= 0.3 is 0 Å². The molecule has 1 aliphatic rings. The number of aliphatic hydroxyl groups is 1. The van der Waals surface area contributed by atoms with Crippen LogP contribution in [0.15, 0.2) is 60.7 Å². The molecule has 3 heteroatoms. The SMILES string of the molecule is COCC1(O)CN(C(c2ccccc2)c2ccccc2)C1. The van der Waals surface area contributed by atoms with Gasteiger partial charge in [-0.15, -0.1) is 0 Å². The van der Waals surface area contributed by atoms with Gasteiger partial charge in [-0.3, -0.25) is 4.90 Å². The summed E-state index contributed by atoms with van der Waals surface area (Å²) in [5, 5.41) is 10.4. The van der Waals surface area contributed by atoms with E-state index in [-0.39, 0.29) is 6.04 Å². The third kappa shape index (κ3) is 3.00. The second-order valence-electron chi connectivity index (χ2n) is 5.79. The van der Waals surface area contributed by atoms with Gasteiger partial charge in [-0.05, 0) is 11.1 Å². The van der Waals surface area contributed by atoms with Gasteiger partial charge in [0.25, 0.3) is 0 Å². The van der Waals surface area contributed by atoms with Crippen LogP contribution in [-0.2, 0) is 4.74 Å². The van der Waals surface area contributed by atoms with E-state index in [0.29, 0.717) is 19.7 Å². The highest BCUT2D eigenvalue weighted by molar-refractivity contribution is 5.32. The molecule has 0 spiro atoms. The fraction of sp³-hybridized carbons (Fsp3) is 0.333. The molecule has 1 N–H and O–H groups in total. The number of β-amino-alcohol motifs (C(OH)–C–C–N with tert-alkyl or cyclic N) is 1. The van der Waals surface area contributed by atoms with Crippen molar-refractivity contribution in [3.05, 3.63) is 71.8 Å². The fourth-order valence-electron chi connectivity index (χ4n) is 3.14. The van der Waals surface area contributed by atoms with Crippen molar-refractivity contribution in [2.75, 3.05) is 26.8 Å². The molecule has 0 radical (unpaired) electrons. The quantitative estimate of drug-likeness (QED) is 0.915. The van der Waals surface area contributed by atoms with Gasteiger partial charge in [-0.25, -0.2) is 0 Å². The van der Waals surface area contributed by atoms with Crippen LogP contribution in [0.4, 0.5) is 0 Å². The molecule has 2 aromatic rings. The molecule has 0 amide bonds. The lowest BCUT2D eigenvalue weighted by Crippen LogP contribution is -2.64. The Kier molecular flexibility index (Phi) is 4.06. The first-order valence-electron chi connectivity index (χ1n) is 7.27. The van der Waals surface area contributed by atoms with E-state index in [9.17, 15) is 5.11 Å². The normalized spacial score (nSPS) is 17.7. The molecule has 1 heterocycles. The van der Waals surface area contributed by atoms with Crippen LogP contribution in [0.2, 0.25) is 0 Å². The Morgan fingerprint density at radius 3 is 1.90 bits per heavy atom. The Labute approximate surface area is 125 Å². The Morgan fingerprint density at radius 2 is 1.48 bits per heavy atom. The maximum Gasteiger partial charge on any atom is 0.113 e. The summed E-state index contributed by atoms with van der Waals surface area (Å²) in [7, 11) is 1.63. The van der Waals surface area contributed by atoms with E-state index < -0.39 is 5.60 Å².